The monoisotopic (exact) mass is 261 g/mol. The first-order valence-corrected chi connectivity index (χ1v) is 7.03. The van der Waals surface area contributed by atoms with Crippen LogP contribution in [0.1, 0.15) is 37.6 Å². The maximum atomic E-state index is 5.95. The Morgan fingerprint density at radius 3 is 2.75 bits per heavy atom. The summed E-state index contributed by atoms with van der Waals surface area (Å²) in [5.41, 5.74) is 0. The molecule has 4 heteroatoms. The molecule has 0 aliphatic rings. The average molecular weight is 262 g/mol. The first-order valence-electron chi connectivity index (χ1n) is 5.84. The molecule has 0 spiro atoms. The summed E-state index contributed by atoms with van der Waals surface area (Å²) in [4.78, 5) is 1.30. The summed E-state index contributed by atoms with van der Waals surface area (Å²) in [5, 5.41) is 3.46. The molecule has 1 rings (SSSR count). The Hall–Kier alpha value is -0.0900. The smallest absolute Gasteiger partial charge is 0.0931 e. The van der Waals surface area contributed by atoms with Gasteiger partial charge in [0.05, 0.1) is 4.34 Å². The van der Waals surface area contributed by atoms with Crippen LogP contribution in [0.5, 0.6) is 0 Å². The molecule has 1 atom stereocenters. The molecule has 0 aliphatic heterocycles. The Morgan fingerprint density at radius 1 is 1.38 bits per heavy atom. The van der Waals surface area contributed by atoms with Gasteiger partial charge in [-0.1, -0.05) is 25.4 Å². The van der Waals surface area contributed by atoms with E-state index in [0.717, 1.165) is 36.9 Å². The van der Waals surface area contributed by atoms with Crippen LogP contribution in [0, 0.1) is 0 Å². The van der Waals surface area contributed by atoms with Gasteiger partial charge in [-0.15, -0.1) is 11.3 Å². The van der Waals surface area contributed by atoms with Crippen molar-refractivity contribution in [2.75, 3.05) is 19.8 Å². The van der Waals surface area contributed by atoms with Gasteiger partial charge in [-0.05, 0) is 31.5 Å². The molecule has 0 bridgehead atoms. The molecule has 92 valence electrons. The molecule has 0 radical (unpaired) electrons. The van der Waals surface area contributed by atoms with Gasteiger partial charge in [0.2, 0.25) is 0 Å². The van der Waals surface area contributed by atoms with Crippen LogP contribution in [0.3, 0.4) is 0 Å². The fourth-order valence-corrected chi connectivity index (χ4v) is 2.73. The van der Waals surface area contributed by atoms with Crippen molar-refractivity contribution < 1.29 is 4.74 Å². The van der Waals surface area contributed by atoms with Crippen LogP contribution in [-0.2, 0) is 4.74 Å². The fourth-order valence-electron chi connectivity index (χ4n) is 1.55. The van der Waals surface area contributed by atoms with Gasteiger partial charge in [0.1, 0.15) is 0 Å². The summed E-state index contributed by atoms with van der Waals surface area (Å²) in [5.74, 6) is 0. The van der Waals surface area contributed by atoms with E-state index < -0.39 is 0 Å². The van der Waals surface area contributed by atoms with E-state index >= 15 is 0 Å². The molecular formula is C12H20ClNOS. The zero-order chi connectivity index (χ0) is 11.8. The highest BCUT2D eigenvalue weighted by Gasteiger charge is 2.12. The fraction of sp³-hybridized carbons (Fsp3) is 0.667. The summed E-state index contributed by atoms with van der Waals surface area (Å²) in [7, 11) is 0. The molecule has 0 saturated carbocycles. The number of halogens is 1. The number of hydrogen-bond acceptors (Lipinski definition) is 3. The number of rotatable bonds is 8. The van der Waals surface area contributed by atoms with Crippen molar-refractivity contribution in [2.24, 2.45) is 0 Å². The van der Waals surface area contributed by atoms with Crippen molar-refractivity contribution in [3.05, 3.63) is 21.3 Å². The van der Waals surface area contributed by atoms with E-state index in [2.05, 4.69) is 25.2 Å². The molecule has 16 heavy (non-hydrogen) atoms. The number of thiophene rings is 1. The van der Waals surface area contributed by atoms with Crippen LogP contribution in [0.4, 0.5) is 0 Å². The maximum Gasteiger partial charge on any atom is 0.0931 e. The second-order valence-corrected chi connectivity index (χ2v) is 5.40. The van der Waals surface area contributed by atoms with Gasteiger partial charge in [-0.25, -0.2) is 0 Å². The van der Waals surface area contributed by atoms with E-state index in [0.29, 0.717) is 6.04 Å². The molecule has 0 saturated heterocycles. The summed E-state index contributed by atoms with van der Waals surface area (Å²) in [6.45, 7) is 6.87. The second-order valence-electron chi connectivity index (χ2n) is 3.65. The van der Waals surface area contributed by atoms with Crippen molar-refractivity contribution >= 4 is 22.9 Å². The minimum atomic E-state index is 0.374. The van der Waals surface area contributed by atoms with Gasteiger partial charge in [-0.2, -0.15) is 0 Å². The van der Waals surface area contributed by atoms with E-state index in [-0.39, 0.29) is 0 Å². The molecule has 0 aromatic carbocycles. The van der Waals surface area contributed by atoms with Crippen LogP contribution < -0.4 is 5.32 Å². The van der Waals surface area contributed by atoms with Gasteiger partial charge in [0.25, 0.3) is 0 Å². The molecule has 1 aromatic rings. The lowest BCUT2D eigenvalue weighted by molar-refractivity contribution is 0.125. The minimum absolute atomic E-state index is 0.374. The quantitative estimate of drug-likeness (QED) is 0.718. The molecule has 1 heterocycles. The first-order chi connectivity index (χ1) is 7.77. The predicted molar refractivity (Wildman–Crippen MR) is 71.5 cm³/mol. The Kier molecular flexibility index (Phi) is 7.05. The van der Waals surface area contributed by atoms with Crippen LogP contribution in [-0.4, -0.2) is 19.8 Å². The van der Waals surface area contributed by atoms with Crippen LogP contribution in [0.2, 0.25) is 4.34 Å². The molecular weight excluding hydrogens is 242 g/mol. The summed E-state index contributed by atoms with van der Waals surface area (Å²) in [6.07, 6.45) is 2.08. The number of ether oxygens (including phenoxy) is 1. The zero-order valence-electron chi connectivity index (χ0n) is 9.96. The highest BCUT2D eigenvalue weighted by atomic mass is 35.5. The van der Waals surface area contributed by atoms with Crippen molar-refractivity contribution in [2.45, 2.75) is 32.7 Å². The summed E-state index contributed by atoms with van der Waals surface area (Å²) >= 11 is 7.59. The van der Waals surface area contributed by atoms with E-state index in [1.165, 1.54) is 4.88 Å². The molecule has 2 nitrogen and oxygen atoms in total. The lowest BCUT2D eigenvalue weighted by atomic mass is 10.2. The molecule has 0 aliphatic carbocycles. The number of hydrogen-bond donors (Lipinski definition) is 1. The SMILES string of the molecule is CCCOCCC(NCC)c1ccc(Cl)s1. The minimum Gasteiger partial charge on any atom is -0.381 e. The van der Waals surface area contributed by atoms with E-state index in [1.807, 2.05) is 6.07 Å². The zero-order valence-corrected chi connectivity index (χ0v) is 11.5. The highest BCUT2D eigenvalue weighted by molar-refractivity contribution is 7.16. The van der Waals surface area contributed by atoms with Gasteiger partial charge in [-0.3, -0.25) is 0 Å². The topological polar surface area (TPSA) is 21.3 Å². The molecule has 1 unspecified atom stereocenters. The van der Waals surface area contributed by atoms with Crippen molar-refractivity contribution in [3.63, 3.8) is 0 Å². The second kappa shape index (κ2) is 8.07. The van der Waals surface area contributed by atoms with Crippen LogP contribution >= 0.6 is 22.9 Å². The van der Waals surface area contributed by atoms with Gasteiger partial charge < -0.3 is 10.1 Å². The average Bonchev–Trinajstić information content (AvgIpc) is 2.69. The molecule has 1 N–H and O–H groups in total. The summed E-state index contributed by atoms with van der Waals surface area (Å²) < 4.78 is 6.37. The van der Waals surface area contributed by atoms with Crippen LogP contribution in [0.25, 0.3) is 0 Å². The third kappa shape index (κ3) is 4.83. The lowest BCUT2D eigenvalue weighted by Crippen LogP contribution is -2.21. The third-order valence-corrected chi connectivity index (χ3v) is 3.63. The van der Waals surface area contributed by atoms with Crippen molar-refractivity contribution in [3.8, 4) is 0 Å². The largest absolute Gasteiger partial charge is 0.381 e. The summed E-state index contributed by atoms with van der Waals surface area (Å²) in [6, 6.07) is 4.43. The predicted octanol–water partition coefficient (Wildman–Crippen LogP) is 3.87. The first kappa shape index (κ1) is 14.0. The highest BCUT2D eigenvalue weighted by Crippen LogP contribution is 2.28. The van der Waals surface area contributed by atoms with Gasteiger partial charge in [0.15, 0.2) is 0 Å². The van der Waals surface area contributed by atoms with E-state index in [1.54, 1.807) is 11.3 Å². The Labute approximate surface area is 107 Å². The Bertz CT molecular complexity index is 290. The van der Waals surface area contributed by atoms with Gasteiger partial charge >= 0.3 is 0 Å². The lowest BCUT2D eigenvalue weighted by Gasteiger charge is -2.16. The van der Waals surface area contributed by atoms with E-state index in [4.69, 9.17) is 16.3 Å². The number of nitrogens with one attached hydrogen (secondary N) is 1. The normalized spacial score (nSPS) is 12.9. The Morgan fingerprint density at radius 2 is 2.19 bits per heavy atom. The maximum absolute atomic E-state index is 5.95. The van der Waals surface area contributed by atoms with Crippen molar-refractivity contribution in [1.29, 1.82) is 0 Å². The standard InChI is InChI=1S/C12H20ClNOS/c1-3-8-15-9-7-10(14-4-2)11-5-6-12(13)16-11/h5-6,10,14H,3-4,7-9H2,1-2H3. The third-order valence-electron chi connectivity index (χ3n) is 2.29. The molecule has 0 amide bonds. The van der Waals surface area contributed by atoms with Crippen LogP contribution in [0.15, 0.2) is 12.1 Å². The molecule has 0 fully saturated rings. The van der Waals surface area contributed by atoms with Crippen molar-refractivity contribution in [1.82, 2.24) is 5.32 Å². The Balaban J connectivity index is 2.41. The van der Waals surface area contributed by atoms with E-state index in [9.17, 15) is 0 Å². The molecule has 1 aromatic heterocycles. The van der Waals surface area contributed by atoms with Gasteiger partial charge in [0, 0.05) is 24.1 Å².